The van der Waals surface area contributed by atoms with Crippen LogP contribution in [0.3, 0.4) is 0 Å². The van der Waals surface area contributed by atoms with E-state index >= 15 is 0 Å². The van der Waals surface area contributed by atoms with E-state index in [1.807, 2.05) is 0 Å². The molecule has 0 saturated carbocycles. The molecular weight excluding hydrogens is 163 g/mol. The highest BCUT2D eigenvalue weighted by Gasteiger charge is 2.27. The number of hydrogen-bond donors (Lipinski definition) is 0. The molecule has 0 rings (SSSR count). The molecule has 5 heteroatoms. The first kappa shape index (κ1) is 9.63. The lowest BCUT2D eigenvalue weighted by molar-refractivity contribution is -0.0327. The standard InChI is InChI=1S/C5H6F3NS/c1-9-3-2-4-10-5(6,7)8/h2-4H2. The van der Waals surface area contributed by atoms with E-state index in [0.29, 0.717) is 6.42 Å². The van der Waals surface area contributed by atoms with Crippen LogP contribution >= 0.6 is 11.8 Å². The molecule has 0 aromatic carbocycles. The van der Waals surface area contributed by atoms with Gasteiger partial charge in [0.25, 0.3) is 0 Å². The Morgan fingerprint density at radius 3 is 2.40 bits per heavy atom. The highest BCUT2D eigenvalue weighted by Crippen LogP contribution is 2.30. The van der Waals surface area contributed by atoms with E-state index < -0.39 is 5.51 Å². The maximum Gasteiger partial charge on any atom is 0.441 e. The highest BCUT2D eigenvalue weighted by molar-refractivity contribution is 8.00. The molecule has 0 unspecified atom stereocenters. The number of alkyl halides is 3. The summed E-state index contributed by atoms with van der Waals surface area (Å²) in [5, 5.41) is 0. The lowest BCUT2D eigenvalue weighted by atomic mass is 10.5. The Labute approximate surface area is 61.4 Å². The molecule has 0 radical (unpaired) electrons. The third-order valence-electron chi connectivity index (χ3n) is 0.680. The Morgan fingerprint density at radius 1 is 1.40 bits per heavy atom. The van der Waals surface area contributed by atoms with Crippen LogP contribution in [0.15, 0.2) is 0 Å². The van der Waals surface area contributed by atoms with Crippen molar-refractivity contribution >= 4 is 11.8 Å². The van der Waals surface area contributed by atoms with Crippen molar-refractivity contribution in [3.63, 3.8) is 0 Å². The van der Waals surface area contributed by atoms with E-state index in [0.717, 1.165) is 0 Å². The van der Waals surface area contributed by atoms with Gasteiger partial charge in [-0.25, -0.2) is 6.57 Å². The van der Waals surface area contributed by atoms with E-state index in [-0.39, 0.29) is 24.1 Å². The smallest absolute Gasteiger partial charge is 0.317 e. The van der Waals surface area contributed by atoms with Gasteiger partial charge in [0.15, 0.2) is 0 Å². The van der Waals surface area contributed by atoms with E-state index in [2.05, 4.69) is 4.85 Å². The molecule has 0 bridgehead atoms. The van der Waals surface area contributed by atoms with Crippen LogP contribution in [0.4, 0.5) is 13.2 Å². The number of hydrogen-bond acceptors (Lipinski definition) is 1. The van der Waals surface area contributed by atoms with Crippen molar-refractivity contribution in [2.24, 2.45) is 0 Å². The molecule has 0 N–H and O–H groups in total. The van der Waals surface area contributed by atoms with Gasteiger partial charge in [-0.05, 0) is 0 Å². The second kappa shape index (κ2) is 4.45. The van der Waals surface area contributed by atoms with Crippen LogP contribution in [0, 0.1) is 6.57 Å². The van der Waals surface area contributed by atoms with Crippen LogP contribution < -0.4 is 0 Å². The largest absolute Gasteiger partial charge is 0.441 e. The minimum atomic E-state index is -4.14. The molecule has 0 fully saturated rings. The van der Waals surface area contributed by atoms with Gasteiger partial charge in [0.05, 0.1) is 0 Å². The van der Waals surface area contributed by atoms with Crippen molar-refractivity contribution in [3.05, 3.63) is 11.4 Å². The molecule has 0 heterocycles. The molecule has 58 valence electrons. The summed E-state index contributed by atoms with van der Waals surface area (Å²) < 4.78 is 34.1. The molecule has 0 spiro atoms. The monoisotopic (exact) mass is 169 g/mol. The zero-order valence-corrected chi connectivity index (χ0v) is 5.93. The summed E-state index contributed by atoms with van der Waals surface area (Å²) in [7, 11) is 0. The fourth-order valence-electron chi connectivity index (χ4n) is 0.332. The minimum Gasteiger partial charge on any atom is -0.317 e. The number of halogens is 3. The van der Waals surface area contributed by atoms with E-state index in [9.17, 15) is 13.2 Å². The molecule has 0 aliphatic rings. The fraction of sp³-hybridized carbons (Fsp3) is 0.800. The third-order valence-corrected chi connectivity index (χ3v) is 1.50. The van der Waals surface area contributed by atoms with Gasteiger partial charge in [0, 0.05) is 12.2 Å². The third kappa shape index (κ3) is 7.63. The van der Waals surface area contributed by atoms with Gasteiger partial charge >= 0.3 is 5.51 Å². The molecule has 0 amide bonds. The molecule has 0 atom stereocenters. The fourth-order valence-corrected chi connectivity index (χ4v) is 0.836. The second-order valence-corrected chi connectivity index (χ2v) is 2.69. The zero-order chi connectivity index (χ0) is 8.04. The summed E-state index contributed by atoms with van der Waals surface area (Å²) in [6, 6.07) is 0. The van der Waals surface area contributed by atoms with Crippen LogP contribution in [-0.4, -0.2) is 17.8 Å². The van der Waals surface area contributed by atoms with Crippen LogP contribution in [0.2, 0.25) is 0 Å². The van der Waals surface area contributed by atoms with Gasteiger partial charge in [-0.3, -0.25) is 0 Å². The Balaban J connectivity index is 3.14. The Kier molecular flexibility index (Phi) is 4.28. The summed E-state index contributed by atoms with van der Waals surface area (Å²) in [6.45, 7) is 6.46. The normalized spacial score (nSPS) is 11.0. The summed E-state index contributed by atoms with van der Waals surface area (Å²) in [5.74, 6) is -0.00806. The number of thioether (sulfide) groups is 1. The predicted octanol–water partition coefficient (Wildman–Crippen LogP) is 2.55. The van der Waals surface area contributed by atoms with Gasteiger partial charge in [-0.2, -0.15) is 13.2 Å². The SMILES string of the molecule is [C-]#[N+]CCCSC(F)(F)F. The molecule has 1 nitrogen and oxygen atoms in total. The van der Waals surface area contributed by atoms with Gasteiger partial charge in [0.2, 0.25) is 6.54 Å². The topological polar surface area (TPSA) is 4.36 Å². The van der Waals surface area contributed by atoms with Gasteiger partial charge < -0.3 is 4.85 Å². The van der Waals surface area contributed by atoms with Crippen molar-refractivity contribution in [3.8, 4) is 0 Å². The Hall–Kier alpha value is -0.370. The van der Waals surface area contributed by atoms with Gasteiger partial charge in [0.1, 0.15) is 0 Å². The summed E-state index contributed by atoms with van der Waals surface area (Å²) in [4.78, 5) is 2.92. The predicted molar refractivity (Wildman–Crippen MR) is 34.6 cm³/mol. The second-order valence-electron chi connectivity index (χ2n) is 1.53. The van der Waals surface area contributed by atoms with Crippen LogP contribution in [0.25, 0.3) is 4.85 Å². The molecule has 0 aromatic rings. The van der Waals surface area contributed by atoms with E-state index in [1.54, 1.807) is 0 Å². The van der Waals surface area contributed by atoms with Gasteiger partial charge in [-0.1, -0.05) is 11.8 Å². The molecule has 0 aromatic heterocycles. The molecule has 0 saturated heterocycles. The van der Waals surface area contributed by atoms with Gasteiger partial charge in [-0.15, -0.1) is 0 Å². The molecular formula is C5H6F3NS. The van der Waals surface area contributed by atoms with Crippen molar-refractivity contribution in [2.45, 2.75) is 11.9 Å². The van der Waals surface area contributed by atoms with Crippen LogP contribution in [0.5, 0.6) is 0 Å². The van der Waals surface area contributed by atoms with E-state index in [1.165, 1.54) is 0 Å². The summed E-state index contributed by atoms with van der Waals surface area (Å²) in [5.41, 5.74) is -4.14. The summed E-state index contributed by atoms with van der Waals surface area (Å²) >= 11 is -0.0698. The maximum atomic E-state index is 11.4. The van der Waals surface area contributed by atoms with Crippen molar-refractivity contribution in [1.82, 2.24) is 0 Å². The average molecular weight is 169 g/mol. The molecule has 0 aliphatic heterocycles. The molecule has 10 heavy (non-hydrogen) atoms. The van der Waals surface area contributed by atoms with Crippen LogP contribution in [0.1, 0.15) is 6.42 Å². The minimum absolute atomic E-state index is 0.00806. The average Bonchev–Trinajstić information content (AvgIpc) is 1.78. The Morgan fingerprint density at radius 2 is 2.00 bits per heavy atom. The zero-order valence-electron chi connectivity index (χ0n) is 5.11. The summed E-state index contributed by atoms with van der Waals surface area (Å²) in [6.07, 6.45) is 0.313. The lowest BCUT2D eigenvalue weighted by Gasteiger charge is -2.01. The number of nitrogens with zero attached hydrogens (tertiary/aromatic N) is 1. The molecule has 0 aliphatic carbocycles. The van der Waals surface area contributed by atoms with Crippen LogP contribution in [-0.2, 0) is 0 Å². The quantitative estimate of drug-likeness (QED) is 0.464. The first-order valence-corrected chi connectivity index (χ1v) is 3.59. The Bertz CT molecular complexity index is 126. The van der Waals surface area contributed by atoms with Crippen molar-refractivity contribution in [1.29, 1.82) is 0 Å². The highest BCUT2D eigenvalue weighted by atomic mass is 32.2. The lowest BCUT2D eigenvalue weighted by Crippen LogP contribution is -2.01. The maximum absolute atomic E-state index is 11.4. The first-order chi connectivity index (χ1) is 4.56. The van der Waals surface area contributed by atoms with E-state index in [4.69, 9.17) is 6.57 Å². The van der Waals surface area contributed by atoms with Crippen molar-refractivity contribution in [2.75, 3.05) is 12.3 Å². The van der Waals surface area contributed by atoms with Crippen molar-refractivity contribution < 1.29 is 13.2 Å². The first-order valence-electron chi connectivity index (χ1n) is 2.60. The number of rotatable bonds is 3.